The van der Waals surface area contributed by atoms with E-state index in [0.29, 0.717) is 17.3 Å². The normalized spacial score (nSPS) is 39.7. The lowest BCUT2D eigenvalue weighted by Crippen LogP contribution is -2.47. The number of rotatable bonds is 2. The summed E-state index contributed by atoms with van der Waals surface area (Å²) in [6, 6.07) is 3.65. The zero-order chi connectivity index (χ0) is 17.8. The number of hydrogen-bond acceptors (Lipinski definition) is 3. The first-order chi connectivity index (χ1) is 11.8. The Morgan fingerprint density at radius 2 is 1.84 bits per heavy atom. The van der Waals surface area contributed by atoms with E-state index in [2.05, 4.69) is 43.9 Å². The van der Waals surface area contributed by atoms with Gasteiger partial charge in [-0.25, -0.2) is 0 Å². The summed E-state index contributed by atoms with van der Waals surface area (Å²) in [5, 5.41) is 4.85. The molecular weight excluding hydrogens is 332 g/mol. The van der Waals surface area contributed by atoms with Crippen molar-refractivity contribution in [3.05, 3.63) is 17.5 Å². The molecule has 3 fully saturated rings. The molecule has 1 aromatic heterocycles. The first-order valence-electron chi connectivity index (χ1n) is 10.2. The lowest BCUT2D eigenvalue weighted by Gasteiger charge is -2.46. The lowest BCUT2D eigenvalue weighted by molar-refractivity contribution is 0.0519. The first kappa shape index (κ1) is 17.9. The minimum absolute atomic E-state index is 0.0483. The van der Waals surface area contributed by atoms with Crippen LogP contribution in [0.5, 0.6) is 0 Å². The molecule has 3 heterocycles. The van der Waals surface area contributed by atoms with Crippen LogP contribution in [0.25, 0.3) is 0 Å². The molecule has 2 aliphatic heterocycles. The van der Waals surface area contributed by atoms with Crippen LogP contribution < -0.4 is 0 Å². The van der Waals surface area contributed by atoms with Crippen LogP contribution in [0.1, 0.15) is 83.1 Å². The number of alkyl halides is 1. The summed E-state index contributed by atoms with van der Waals surface area (Å²) in [5.74, 6) is 3.18. The molecule has 4 heteroatoms. The summed E-state index contributed by atoms with van der Waals surface area (Å²) in [7, 11) is 2.32. The average Bonchev–Trinajstić information content (AvgIpc) is 3.12. The maximum absolute atomic E-state index is 6.38. The highest BCUT2D eigenvalue weighted by Gasteiger charge is 2.50. The van der Waals surface area contributed by atoms with Crippen molar-refractivity contribution in [2.24, 2.45) is 11.8 Å². The minimum Gasteiger partial charge on any atom is -0.361 e. The predicted molar refractivity (Wildman–Crippen MR) is 102 cm³/mol. The van der Waals surface area contributed by atoms with Gasteiger partial charge in [0.05, 0.1) is 5.69 Å². The van der Waals surface area contributed by atoms with Crippen molar-refractivity contribution < 1.29 is 4.52 Å². The van der Waals surface area contributed by atoms with Crippen LogP contribution in [-0.2, 0) is 5.41 Å². The fourth-order valence-electron chi connectivity index (χ4n) is 5.70. The zero-order valence-electron chi connectivity index (χ0n) is 16.2. The maximum Gasteiger partial charge on any atom is 0.141 e. The second-order valence-electron chi connectivity index (χ2n) is 9.77. The molecule has 4 rings (SSSR count). The van der Waals surface area contributed by atoms with Gasteiger partial charge < -0.3 is 4.52 Å². The molecule has 0 spiro atoms. The second-order valence-corrected chi connectivity index (χ2v) is 10.4. The summed E-state index contributed by atoms with van der Waals surface area (Å²) in [6.45, 7) is 6.64. The van der Waals surface area contributed by atoms with Gasteiger partial charge in [0, 0.05) is 34.9 Å². The highest BCUT2D eigenvalue weighted by Crippen LogP contribution is 2.52. The SMILES string of the molecule is CN1C2CCC1C(c1cc(C(C)(C)C)no1)[C@@H](C1CCC(Cl)CC1)C2. The lowest BCUT2D eigenvalue weighted by atomic mass is 9.67. The van der Waals surface area contributed by atoms with Crippen LogP contribution >= 0.6 is 11.6 Å². The fourth-order valence-corrected chi connectivity index (χ4v) is 5.95. The Labute approximate surface area is 157 Å². The first-order valence-corrected chi connectivity index (χ1v) is 10.6. The van der Waals surface area contributed by atoms with Crippen molar-refractivity contribution >= 4 is 11.6 Å². The van der Waals surface area contributed by atoms with Crippen LogP contribution in [0.3, 0.4) is 0 Å². The number of nitrogens with zero attached hydrogens (tertiary/aromatic N) is 2. The molecule has 25 heavy (non-hydrogen) atoms. The van der Waals surface area contributed by atoms with E-state index < -0.39 is 0 Å². The number of likely N-dealkylation sites (N-methyl/N-ethyl adjacent to an activating group) is 1. The summed E-state index contributed by atoms with van der Waals surface area (Å²) in [4.78, 5) is 2.63. The third-order valence-corrected chi connectivity index (χ3v) is 7.68. The third-order valence-electron chi connectivity index (χ3n) is 7.25. The predicted octanol–water partition coefficient (Wildman–Crippen LogP) is 5.34. The molecule has 3 nitrogen and oxygen atoms in total. The van der Waals surface area contributed by atoms with Crippen LogP contribution in [0, 0.1) is 11.8 Å². The Kier molecular flexibility index (Phi) is 4.69. The monoisotopic (exact) mass is 364 g/mol. The summed E-state index contributed by atoms with van der Waals surface area (Å²) < 4.78 is 5.97. The van der Waals surface area contributed by atoms with Crippen molar-refractivity contribution in [3.8, 4) is 0 Å². The quantitative estimate of drug-likeness (QED) is 0.663. The molecule has 3 aliphatic rings. The van der Waals surface area contributed by atoms with Gasteiger partial charge in [0.2, 0.25) is 0 Å². The Hall–Kier alpha value is -0.540. The van der Waals surface area contributed by atoms with Crippen LogP contribution in [0.2, 0.25) is 0 Å². The number of hydrogen-bond donors (Lipinski definition) is 0. The second kappa shape index (κ2) is 6.56. The molecule has 1 aliphatic carbocycles. The Morgan fingerprint density at radius 1 is 1.12 bits per heavy atom. The van der Waals surface area contributed by atoms with Crippen molar-refractivity contribution in [1.82, 2.24) is 10.1 Å². The summed E-state index contributed by atoms with van der Waals surface area (Å²) in [6.07, 6.45) is 8.92. The molecule has 0 amide bonds. The molecule has 2 bridgehead atoms. The third kappa shape index (κ3) is 3.27. The van der Waals surface area contributed by atoms with Gasteiger partial charge in [0.25, 0.3) is 0 Å². The zero-order valence-corrected chi connectivity index (χ0v) is 16.9. The number of piperidine rings is 1. The molecule has 140 valence electrons. The maximum atomic E-state index is 6.38. The molecule has 0 radical (unpaired) electrons. The van der Waals surface area contributed by atoms with E-state index >= 15 is 0 Å². The molecule has 2 saturated heterocycles. The fraction of sp³-hybridized carbons (Fsp3) is 0.857. The van der Waals surface area contributed by atoms with Gasteiger partial charge >= 0.3 is 0 Å². The van der Waals surface area contributed by atoms with Gasteiger partial charge in [-0.3, -0.25) is 4.90 Å². The van der Waals surface area contributed by atoms with Crippen LogP contribution in [-0.4, -0.2) is 34.6 Å². The molecule has 0 N–H and O–H groups in total. The summed E-state index contributed by atoms with van der Waals surface area (Å²) >= 11 is 6.38. The Bertz CT molecular complexity index is 599. The van der Waals surface area contributed by atoms with Crippen molar-refractivity contribution in [3.63, 3.8) is 0 Å². The van der Waals surface area contributed by atoms with Crippen molar-refractivity contribution in [2.45, 2.75) is 94.5 Å². The van der Waals surface area contributed by atoms with Crippen LogP contribution in [0.15, 0.2) is 10.6 Å². The smallest absolute Gasteiger partial charge is 0.141 e. The highest BCUT2D eigenvalue weighted by molar-refractivity contribution is 6.20. The van der Waals surface area contributed by atoms with E-state index in [4.69, 9.17) is 16.1 Å². The largest absolute Gasteiger partial charge is 0.361 e. The molecule has 1 saturated carbocycles. The van der Waals surface area contributed by atoms with Gasteiger partial charge in [-0.1, -0.05) is 25.9 Å². The number of fused-ring (bicyclic) bond motifs is 2. The van der Waals surface area contributed by atoms with Gasteiger partial charge in [0.15, 0.2) is 0 Å². The van der Waals surface area contributed by atoms with E-state index in [1.54, 1.807) is 0 Å². The molecule has 4 atom stereocenters. The minimum atomic E-state index is 0.0483. The van der Waals surface area contributed by atoms with Crippen molar-refractivity contribution in [1.29, 1.82) is 0 Å². The summed E-state index contributed by atoms with van der Waals surface area (Å²) in [5.41, 5.74) is 1.14. The van der Waals surface area contributed by atoms with Gasteiger partial charge in [-0.05, 0) is 63.8 Å². The van der Waals surface area contributed by atoms with E-state index in [0.717, 1.165) is 29.3 Å². The molecular formula is C21H33ClN2O. The average molecular weight is 365 g/mol. The number of aromatic nitrogens is 1. The molecule has 0 aromatic carbocycles. The molecule has 1 aromatic rings. The topological polar surface area (TPSA) is 29.3 Å². The standard InChI is InChI=1S/C21H33ClN2O/c1-21(2,3)19-12-18(25-23-19)20-16(13-5-7-14(22)8-6-13)11-15-9-10-17(20)24(15)4/h12-17,20H,5-11H2,1-4H3/t13?,14?,15?,16-,17?,20?/m1/s1. The van der Waals surface area contributed by atoms with Gasteiger partial charge in [-0.2, -0.15) is 0 Å². The molecule has 3 unspecified atom stereocenters. The number of halogens is 1. The van der Waals surface area contributed by atoms with E-state index in [-0.39, 0.29) is 5.41 Å². The van der Waals surface area contributed by atoms with E-state index in [1.807, 2.05) is 0 Å². The van der Waals surface area contributed by atoms with Gasteiger partial charge in [-0.15, -0.1) is 11.6 Å². The van der Waals surface area contributed by atoms with E-state index in [1.165, 1.54) is 44.9 Å². The highest BCUT2D eigenvalue weighted by atomic mass is 35.5. The Balaban J connectivity index is 1.64. The van der Waals surface area contributed by atoms with Crippen LogP contribution in [0.4, 0.5) is 0 Å². The van der Waals surface area contributed by atoms with Crippen molar-refractivity contribution in [2.75, 3.05) is 7.05 Å². The Morgan fingerprint density at radius 3 is 2.48 bits per heavy atom. The van der Waals surface area contributed by atoms with E-state index in [9.17, 15) is 0 Å². The van der Waals surface area contributed by atoms with Gasteiger partial charge in [0.1, 0.15) is 5.76 Å².